The topological polar surface area (TPSA) is 55.2 Å². The molecule has 0 unspecified atom stereocenters. The molecule has 0 aliphatic heterocycles. The third kappa shape index (κ3) is 3.23. The van der Waals surface area contributed by atoms with Gasteiger partial charge in [-0.05, 0) is 48.1 Å². The van der Waals surface area contributed by atoms with Crippen LogP contribution in [0.1, 0.15) is 5.56 Å². The van der Waals surface area contributed by atoms with Crippen LogP contribution in [-0.2, 0) is 0 Å². The fourth-order valence-corrected chi connectivity index (χ4v) is 2.28. The Morgan fingerprint density at radius 1 is 1.25 bits per heavy atom. The molecular formula is C16H12F2N4OS. The molecule has 8 heteroatoms. The highest BCUT2D eigenvalue weighted by Gasteiger charge is 2.09. The second kappa shape index (κ2) is 6.71. The minimum Gasteiger partial charge on any atom is -0.494 e. The third-order valence-corrected chi connectivity index (χ3v) is 3.50. The van der Waals surface area contributed by atoms with Crippen molar-refractivity contribution >= 4 is 18.4 Å². The van der Waals surface area contributed by atoms with E-state index in [1.165, 1.54) is 42.3 Å². The number of halogens is 2. The maximum atomic E-state index is 13.7. The number of hydrogen-bond acceptors (Lipinski definition) is 4. The van der Waals surface area contributed by atoms with Crippen molar-refractivity contribution in [2.24, 2.45) is 5.10 Å². The molecule has 0 saturated heterocycles. The molecule has 2 aromatic carbocycles. The van der Waals surface area contributed by atoms with Gasteiger partial charge in [0.2, 0.25) is 4.77 Å². The summed E-state index contributed by atoms with van der Waals surface area (Å²) in [5.74, 6) is -0.394. The smallest absolute Gasteiger partial charge is 0.216 e. The zero-order chi connectivity index (χ0) is 17.1. The molecule has 0 aliphatic carbocycles. The molecule has 0 radical (unpaired) electrons. The molecule has 0 aliphatic rings. The Morgan fingerprint density at radius 2 is 2.08 bits per heavy atom. The number of benzene rings is 2. The van der Waals surface area contributed by atoms with Crippen LogP contribution in [0.5, 0.6) is 5.75 Å². The molecule has 0 amide bonds. The molecular weight excluding hydrogens is 334 g/mol. The molecule has 1 aromatic heterocycles. The van der Waals surface area contributed by atoms with Crippen molar-refractivity contribution in [3.05, 3.63) is 64.4 Å². The first-order valence-electron chi connectivity index (χ1n) is 6.90. The van der Waals surface area contributed by atoms with Crippen LogP contribution >= 0.6 is 12.2 Å². The summed E-state index contributed by atoms with van der Waals surface area (Å²) in [4.78, 5) is 0. The van der Waals surface area contributed by atoms with Gasteiger partial charge in [0.25, 0.3) is 0 Å². The molecule has 1 heterocycles. The lowest BCUT2D eigenvalue weighted by atomic mass is 10.2. The summed E-state index contributed by atoms with van der Waals surface area (Å²) in [5.41, 5.74) is 1.03. The van der Waals surface area contributed by atoms with Crippen LogP contribution in [0.15, 0.2) is 47.6 Å². The lowest BCUT2D eigenvalue weighted by molar-refractivity contribution is 0.386. The second-order valence-corrected chi connectivity index (χ2v) is 5.20. The van der Waals surface area contributed by atoms with Crippen LogP contribution in [0.4, 0.5) is 8.78 Å². The second-order valence-electron chi connectivity index (χ2n) is 4.81. The van der Waals surface area contributed by atoms with Crippen LogP contribution in [0.2, 0.25) is 0 Å². The predicted octanol–water partition coefficient (Wildman–Crippen LogP) is 3.78. The van der Waals surface area contributed by atoms with Gasteiger partial charge < -0.3 is 4.74 Å². The highest BCUT2D eigenvalue weighted by molar-refractivity contribution is 7.71. The van der Waals surface area contributed by atoms with E-state index >= 15 is 0 Å². The van der Waals surface area contributed by atoms with Crippen molar-refractivity contribution in [2.45, 2.75) is 0 Å². The lowest BCUT2D eigenvalue weighted by Crippen LogP contribution is -1.96. The molecule has 3 rings (SSSR count). The zero-order valence-electron chi connectivity index (χ0n) is 12.5. The number of aromatic amines is 1. The van der Waals surface area contributed by atoms with Crippen molar-refractivity contribution in [2.75, 3.05) is 7.11 Å². The van der Waals surface area contributed by atoms with Crippen molar-refractivity contribution in [3.8, 4) is 17.1 Å². The normalized spacial score (nSPS) is 11.1. The molecule has 0 saturated carbocycles. The summed E-state index contributed by atoms with van der Waals surface area (Å²) < 4.78 is 33.5. The van der Waals surface area contributed by atoms with Crippen LogP contribution in [0, 0.1) is 16.4 Å². The number of ether oxygens (including phenoxy) is 1. The van der Waals surface area contributed by atoms with Crippen molar-refractivity contribution in [3.63, 3.8) is 0 Å². The number of nitrogens with zero attached hydrogens (tertiary/aromatic N) is 3. The Bertz CT molecular complexity index is 965. The minimum absolute atomic E-state index is 0.146. The van der Waals surface area contributed by atoms with Gasteiger partial charge in [-0.25, -0.2) is 13.9 Å². The van der Waals surface area contributed by atoms with Crippen molar-refractivity contribution in [1.82, 2.24) is 14.9 Å². The van der Waals surface area contributed by atoms with E-state index in [1.807, 2.05) is 0 Å². The molecule has 0 atom stereocenters. The molecule has 0 bridgehead atoms. The molecule has 5 nitrogen and oxygen atoms in total. The summed E-state index contributed by atoms with van der Waals surface area (Å²) in [6, 6.07) is 10.3. The average molecular weight is 346 g/mol. The number of H-pyrrole nitrogens is 1. The molecule has 122 valence electrons. The van der Waals surface area contributed by atoms with Crippen molar-refractivity contribution < 1.29 is 13.5 Å². The summed E-state index contributed by atoms with van der Waals surface area (Å²) in [6.45, 7) is 0. The first-order chi connectivity index (χ1) is 11.6. The number of aromatic nitrogens is 3. The molecule has 3 aromatic rings. The van der Waals surface area contributed by atoms with Gasteiger partial charge in [-0.1, -0.05) is 12.1 Å². The number of nitrogens with one attached hydrogen (secondary N) is 1. The van der Waals surface area contributed by atoms with Crippen LogP contribution in [-0.4, -0.2) is 28.2 Å². The molecule has 0 spiro atoms. The van der Waals surface area contributed by atoms with Gasteiger partial charge in [-0.2, -0.15) is 14.9 Å². The van der Waals surface area contributed by atoms with Gasteiger partial charge in [0, 0.05) is 5.56 Å². The molecule has 0 fully saturated rings. The summed E-state index contributed by atoms with van der Waals surface area (Å²) >= 11 is 5.13. The zero-order valence-corrected chi connectivity index (χ0v) is 13.3. The van der Waals surface area contributed by atoms with Crippen molar-refractivity contribution in [1.29, 1.82) is 0 Å². The number of hydrogen-bond donors (Lipinski definition) is 1. The van der Waals surface area contributed by atoms with Gasteiger partial charge in [0.1, 0.15) is 5.82 Å². The maximum Gasteiger partial charge on any atom is 0.216 e. The van der Waals surface area contributed by atoms with Crippen LogP contribution in [0.3, 0.4) is 0 Å². The van der Waals surface area contributed by atoms with E-state index in [-0.39, 0.29) is 10.5 Å². The monoisotopic (exact) mass is 346 g/mol. The summed E-state index contributed by atoms with van der Waals surface area (Å²) in [7, 11) is 1.39. The Balaban J connectivity index is 1.97. The van der Waals surface area contributed by atoms with Crippen LogP contribution in [0.25, 0.3) is 11.4 Å². The van der Waals surface area contributed by atoms with E-state index in [1.54, 1.807) is 18.2 Å². The highest BCUT2D eigenvalue weighted by atomic mass is 32.1. The summed E-state index contributed by atoms with van der Waals surface area (Å²) in [6.07, 6.45) is 1.43. The third-order valence-electron chi connectivity index (χ3n) is 3.23. The van der Waals surface area contributed by atoms with Gasteiger partial charge in [-0.15, -0.1) is 0 Å². The van der Waals surface area contributed by atoms with Gasteiger partial charge in [-0.3, -0.25) is 0 Å². The fourth-order valence-electron chi connectivity index (χ4n) is 2.10. The summed E-state index contributed by atoms with van der Waals surface area (Å²) in [5, 5.41) is 10.9. The fraction of sp³-hybridized carbons (Fsp3) is 0.0625. The van der Waals surface area contributed by atoms with E-state index in [0.29, 0.717) is 17.0 Å². The van der Waals surface area contributed by atoms with E-state index in [9.17, 15) is 8.78 Å². The molecule has 24 heavy (non-hydrogen) atoms. The standard InChI is InChI=1S/C16H12F2N4OS/c1-23-14-6-5-10(7-13(14)18)9-19-22-15(20-21-16(22)24)11-3-2-4-12(17)8-11/h2-9H,1H3,(H,21,24)/b19-9-. The predicted molar refractivity (Wildman–Crippen MR) is 88.7 cm³/mol. The van der Waals surface area contributed by atoms with E-state index in [4.69, 9.17) is 17.0 Å². The Morgan fingerprint density at radius 3 is 2.79 bits per heavy atom. The SMILES string of the molecule is COc1ccc(/C=N\n2c(-c3cccc(F)c3)n[nH]c2=S)cc1F. The largest absolute Gasteiger partial charge is 0.494 e. The number of rotatable bonds is 4. The highest BCUT2D eigenvalue weighted by Crippen LogP contribution is 2.19. The Hall–Kier alpha value is -2.87. The number of methoxy groups -OCH3 is 1. The van der Waals surface area contributed by atoms with Gasteiger partial charge in [0.15, 0.2) is 17.4 Å². The first-order valence-corrected chi connectivity index (χ1v) is 7.30. The maximum absolute atomic E-state index is 13.7. The first kappa shape index (κ1) is 16.0. The average Bonchev–Trinajstić information content (AvgIpc) is 2.94. The minimum atomic E-state index is -0.498. The van der Waals surface area contributed by atoms with Gasteiger partial charge in [0.05, 0.1) is 13.3 Å². The van der Waals surface area contributed by atoms with Crippen LogP contribution < -0.4 is 4.74 Å². The van der Waals surface area contributed by atoms with E-state index in [2.05, 4.69) is 15.3 Å². The van der Waals surface area contributed by atoms with E-state index < -0.39 is 11.6 Å². The molecule has 1 N–H and O–H groups in total. The Kier molecular flexibility index (Phi) is 4.48. The Labute approximate surface area is 141 Å². The quantitative estimate of drug-likeness (QED) is 0.578. The van der Waals surface area contributed by atoms with Gasteiger partial charge >= 0.3 is 0 Å². The lowest BCUT2D eigenvalue weighted by Gasteiger charge is -2.03. The van der Waals surface area contributed by atoms with E-state index in [0.717, 1.165) is 0 Å².